The van der Waals surface area contributed by atoms with Crippen molar-refractivity contribution in [2.24, 2.45) is 0 Å². The molecule has 3 aromatic heterocycles. The number of thiazole rings is 1. The summed E-state index contributed by atoms with van der Waals surface area (Å²) in [5.74, 6) is 0.519. The fourth-order valence-electron chi connectivity index (χ4n) is 4.74. The maximum absolute atomic E-state index is 12.9. The number of hydrogen-bond donors (Lipinski definition) is 1. The summed E-state index contributed by atoms with van der Waals surface area (Å²) in [5, 5.41) is 15.8. The van der Waals surface area contributed by atoms with Crippen LogP contribution in [-0.2, 0) is 21.2 Å². The third-order valence-corrected chi connectivity index (χ3v) is 9.85. The standard InChI is InChI=1S/C33H28N6O3S3/c1-4-17-39-31(26-18-28(34-27-8-6-5-7-25(26)27)22-13-15-24(16-14-22)45(3,41)42)37-38-33(39)44-20-30(40)36-32-35-29(19-43-32)23-11-9-21(2)10-12-23/h4-16,18-19H,1,17,20H2,2-3H3,(H,35,36,40). The number of aromatic nitrogens is 5. The van der Waals surface area contributed by atoms with Crippen molar-refractivity contribution in [2.45, 2.75) is 23.5 Å². The first-order valence-electron chi connectivity index (χ1n) is 13.9. The van der Waals surface area contributed by atoms with E-state index in [4.69, 9.17) is 4.98 Å². The van der Waals surface area contributed by atoms with Gasteiger partial charge in [-0.3, -0.25) is 9.36 Å². The van der Waals surface area contributed by atoms with Crippen LogP contribution < -0.4 is 5.32 Å². The van der Waals surface area contributed by atoms with Crippen molar-refractivity contribution in [3.8, 4) is 33.9 Å². The Balaban J connectivity index is 1.26. The van der Waals surface area contributed by atoms with Gasteiger partial charge in [0.1, 0.15) is 0 Å². The summed E-state index contributed by atoms with van der Waals surface area (Å²) in [6.07, 6.45) is 2.94. The molecule has 0 aliphatic carbocycles. The number of hydrogen-bond acceptors (Lipinski definition) is 9. The van der Waals surface area contributed by atoms with Gasteiger partial charge in [0, 0.05) is 40.3 Å². The number of benzene rings is 3. The molecule has 3 heterocycles. The van der Waals surface area contributed by atoms with Gasteiger partial charge in [0.25, 0.3) is 0 Å². The van der Waals surface area contributed by atoms with Crippen molar-refractivity contribution in [3.05, 3.63) is 102 Å². The number of rotatable bonds is 10. The Morgan fingerprint density at radius 3 is 2.42 bits per heavy atom. The van der Waals surface area contributed by atoms with E-state index in [0.29, 0.717) is 28.4 Å². The van der Waals surface area contributed by atoms with Crippen LogP contribution in [0.3, 0.4) is 0 Å². The van der Waals surface area contributed by atoms with Crippen molar-refractivity contribution in [2.75, 3.05) is 17.3 Å². The minimum atomic E-state index is -3.32. The Labute approximate surface area is 269 Å². The summed E-state index contributed by atoms with van der Waals surface area (Å²) in [7, 11) is -3.32. The van der Waals surface area contributed by atoms with Crippen LogP contribution in [0.4, 0.5) is 5.13 Å². The molecule has 0 spiro atoms. The van der Waals surface area contributed by atoms with E-state index in [1.54, 1.807) is 30.3 Å². The molecule has 0 fully saturated rings. The molecule has 12 heteroatoms. The smallest absolute Gasteiger partial charge is 0.236 e. The molecule has 0 atom stereocenters. The average Bonchev–Trinajstić information content (AvgIpc) is 3.66. The average molecular weight is 653 g/mol. The Morgan fingerprint density at radius 2 is 1.69 bits per heavy atom. The topological polar surface area (TPSA) is 120 Å². The van der Waals surface area contributed by atoms with Gasteiger partial charge in [-0.25, -0.2) is 18.4 Å². The maximum atomic E-state index is 12.9. The van der Waals surface area contributed by atoms with Crippen LogP contribution >= 0.6 is 23.1 Å². The summed E-state index contributed by atoms with van der Waals surface area (Å²) in [4.78, 5) is 22.5. The molecule has 6 rings (SSSR count). The highest BCUT2D eigenvalue weighted by Crippen LogP contribution is 2.33. The monoisotopic (exact) mass is 652 g/mol. The molecule has 0 radical (unpaired) electrons. The summed E-state index contributed by atoms with van der Waals surface area (Å²) in [5.41, 5.74) is 5.98. The number of fused-ring (bicyclic) bond motifs is 1. The van der Waals surface area contributed by atoms with Crippen molar-refractivity contribution < 1.29 is 13.2 Å². The zero-order chi connectivity index (χ0) is 31.6. The second-order valence-electron chi connectivity index (χ2n) is 10.3. The second kappa shape index (κ2) is 12.8. The van der Waals surface area contributed by atoms with Gasteiger partial charge >= 0.3 is 0 Å². The van der Waals surface area contributed by atoms with Crippen molar-refractivity contribution in [1.29, 1.82) is 0 Å². The molecule has 0 aliphatic heterocycles. The van der Waals surface area contributed by atoms with E-state index in [1.165, 1.54) is 34.9 Å². The van der Waals surface area contributed by atoms with Crippen LogP contribution in [0.1, 0.15) is 5.56 Å². The highest BCUT2D eigenvalue weighted by molar-refractivity contribution is 7.99. The lowest BCUT2D eigenvalue weighted by Crippen LogP contribution is -2.14. The fourth-order valence-corrected chi connectivity index (χ4v) is 6.86. The molecule has 6 aromatic rings. The van der Waals surface area contributed by atoms with Gasteiger partial charge in [-0.2, -0.15) is 0 Å². The van der Waals surface area contributed by atoms with Gasteiger partial charge in [0.15, 0.2) is 25.9 Å². The van der Waals surface area contributed by atoms with Crippen LogP contribution in [0.15, 0.2) is 107 Å². The number of para-hydroxylation sites is 1. The molecule has 3 aromatic carbocycles. The minimum absolute atomic E-state index is 0.115. The summed E-state index contributed by atoms with van der Waals surface area (Å²) in [6, 6.07) is 24.4. The third kappa shape index (κ3) is 6.72. The Bertz CT molecular complexity index is 2140. The Morgan fingerprint density at radius 1 is 0.978 bits per heavy atom. The van der Waals surface area contributed by atoms with E-state index in [-0.39, 0.29) is 16.6 Å². The van der Waals surface area contributed by atoms with Gasteiger partial charge in [0.05, 0.1) is 27.6 Å². The highest BCUT2D eigenvalue weighted by Gasteiger charge is 2.19. The molecule has 45 heavy (non-hydrogen) atoms. The molecule has 0 bridgehead atoms. The largest absolute Gasteiger partial charge is 0.301 e. The van der Waals surface area contributed by atoms with E-state index in [0.717, 1.165) is 33.3 Å². The SMILES string of the molecule is C=CCn1c(SCC(=O)Nc2nc(-c3ccc(C)cc3)cs2)nnc1-c1cc(-c2ccc(S(C)(=O)=O)cc2)nc2ccccc12. The maximum Gasteiger partial charge on any atom is 0.236 e. The van der Waals surface area contributed by atoms with Crippen molar-refractivity contribution in [3.63, 3.8) is 0 Å². The number of pyridine rings is 1. The number of allylic oxidation sites excluding steroid dienone is 1. The molecule has 9 nitrogen and oxygen atoms in total. The quantitative estimate of drug-likeness (QED) is 0.125. The molecule has 1 N–H and O–H groups in total. The van der Waals surface area contributed by atoms with Gasteiger partial charge in [-0.1, -0.05) is 78.0 Å². The van der Waals surface area contributed by atoms with E-state index in [9.17, 15) is 13.2 Å². The number of thioether (sulfide) groups is 1. The number of nitrogens with one attached hydrogen (secondary N) is 1. The number of anilines is 1. The van der Waals surface area contributed by atoms with Gasteiger partial charge in [-0.15, -0.1) is 28.1 Å². The zero-order valence-corrected chi connectivity index (χ0v) is 26.9. The lowest BCUT2D eigenvalue weighted by molar-refractivity contribution is -0.113. The third-order valence-electron chi connectivity index (χ3n) is 6.99. The lowest BCUT2D eigenvalue weighted by Gasteiger charge is -2.12. The number of nitrogens with zero attached hydrogens (tertiary/aromatic N) is 5. The molecular formula is C33H28N6O3S3. The summed E-state index contributed by atoms with van der Waals surface area (Å²) in [6.45, 7) is 6.38. The van der Waals surface area contributed by atoms with Crippen LogP contribution in [0, 0.1) is 6.92 Å². The molecule has 0 saturated heterocycles. The summed E-state index contributed by atoms with van der Waals surface area (Å²) >= 11 is 2.66. The normalized spacial score (nSPS) is 11.5. The number of aryl methyl sites for hydroxylation is 1. The predicted molar refractivity (Wildman–Crippen MR) is 181 cm³/mol. The summed E-state index contributed by atoms with van der Waals surface area (Å²) < 4.78 is 25.9. The van der Waals surface area contributed by atoms with Crippen LogP contribution in [0.5, 0.6) is 0 Å². The van der Waals surface area contributed by atoms with Crippen LogP contribution in [0.2, 0.25) is 0 Å². The predicted octanol–water partition coefficient (Wildman–Crippen LogP) is 6.91. The zero-order valence-electron chi connectivity index (χ0n) is 24.5. The number of carbonyl (C=O) groups excluding carboxylic acids is 1. The van der Waals surface area contributed by atoms with Gasteiger partial charge in [-0.05, 0) is 31.2 Å². The molecular weight excluding hydrogens is 625 g/mol. The van der Waals surface area contributed by atoms with E-state index in [1.807, 2.05) is 71.5 Å². The molecule has 1 amide bonds. The second-order valence-corrected chi connectivity index (χ2v) is 14.1. The van der Waals surface area contributed by atoms with Gasteiger partial charge in [0.2, 0.25) is 5.91 Å². The highest BCUT2D eigenvalue weighted by atomic mass is 32.2. The molecule has 0 saturated carbocycles. The van der Waals surface area contributed by atoms with Crippen molar-refractivity contribution in [1.82, 2.24) is 24.7 Å². The Kier molecular flexibility index (Phi) is 8.61. The van der Waals surface area contributed by atoms with Gasteiger partial charge < -0.3 is 5.32 Å². The molecule has 226 valence electrons. The fraction of sp³-hybridized carbons (Fsp3) is 0.121. The molecule has 0 aliphatic rings. The first-order valence-corrected chi connectivity index (χ1v) is 17.7. The lowest BCUT2D eigenvalue weighted by atomic mass is 10.0. The Hall–Kier alpha value is -4.65. The van der Waals surface area contributed by atoms with E-state index < -0.39 is 9.84 Å². The minimum Gasteiger partial charge on any atom is -0.301 e. The first kappa shape index (κ1) is 30.4. The van der Waals surface area contributed by atoms with E-state index in [2.05, 4.69) is 27.1 Å². The number of carbonyl (C=O) groups is 1. The van der Waals surface area contributed by atoms with E-state index >= 15 is 0 Å². The number of sulfone groups is 1. The number of amides is 1. The molecule has 0 unspecified atom stereocenters. The van der Waals surface area contributed by atoms with Crippen molar-refractivity contribution >= 4 is 54.9 Å². The van der Waals surface area contributed by atoms with Crippen LogP contribution in [-0.4, -0.2) is 51.1 Å². The first-order chi connectivity index (χ1) is 21.7. The van der Waals surface area contributed by atoms with Crippen LogP contribution in [0.25, 0.3) is 44.8 Å².